The van der Waals surface area contributed by atoms with E-state index in [-0.39, 0.29) is 0 Å². The number of nitrogens with one attached hydrogen (secondary N) is 1. The summed E-state index contributed by atoms with van der Waals surface area (Å²) in [6.07, 6.45) is 5.48. The van der Waals surface area contributed by atoms with E-state index in [0.717, 1.165) is 37.0 Å². The molecule has 3 nitrogen and oxygen atoms in total. The molecule has 19 heavy (non-hydrogen) atoms. The second-order valence-electron chi connectivity index (χ2n) is 6.10. The summed E-state index contributed by atoms with van der Waals surface area (Å²) < 4.78 is 2.11. The van der Waals surface area contributed by atoms with Gasteiger partial charge in [0.1, 0.15) is 0 Å². The van der Waals surface area contributed by atoms with Crippen LogP contribution in [0.25, 0.3) is 0 Å². The fraction of sp³-hybridized carbons (Fsp3) is 0.800. The zero-order valence-electron chi connectivity index (χ0n) is 12.3. The second-order valence-corrected chi connectivity index (χ2v) is 6.50. The molecule has 1 fully saturated rings. The van der Waals surface area contributed by atoms with Gasteiger partial charge in [0, 0.05) is 12.5 Å². The van der Waals surface area contributed by atoms with Crippen molar-refractivity contribution in [2.24, 2.45) is 11.8 Å². The fourth-order valence-corrected chi connectivity index (χ4v) is 3.14. The van der Waals surface area contributed by atoms with Crippen LogP contribution in [0.2, 0.25) is 5.02 Å². The van der Waals surface area contributed by atoms with Crippen molar-refractivity contribution in [3.05, 3.63) is 16.9 Å². The Hall–Kier alpha value is -0.540. The van der Waals surface area contributed by atoms with Crippen LogP contribution in [0.15, 0.2) is 6.20 Å². The van der Waals surface area contributed by atoms with Crippen LogP contribution in [-0.4, -0.2) is 22.9 Å². The van der Waals surface area contributed by atoms with Crippen LogP contribution in [0.5, 0.6) is 0 Å². The first kappa shape index (κ1) is 14.9. The normalized spacial score (nSPS) is 22.8. The number of halogens is 1. The van der Waals surface area contributed by atoms with E-state index >= 15 is 0 Å². The Labute approximate surface area is 121 Å². The Kier molecular flexibility index (Phi) is 5.28. The predicted molar refractivity (Wildman–Crippen MR) is 80.7 cm³/mol. The molecule has 1 aliphatic rings. The summed E-state index contributed by atoms with van der Waals surface area (Å²) in [6, 6.07) is 0. The molecule has 1 aliphatic carbocycles. The van der Waals surface area contributed by atoms with Gasteiger partial charge in [-0.15, -0.1) is 0 Å². The molecule has 0 saturated heterocycles. The van der Waals surface area contributed by atoms with Crippen LogP contribution in [0.1, 0.15) is 51.6 Å². The molecule has 1 N–H and O–H groups in total. The van der Waals surface area contributed by atoms with Crippen molar-refractivity contribution in [2.45, 2.75) is 52.5 Å². The molecule has 0 amide bonds. The van der Waals surface area contributed by atoms with E-state index in [1.165, 1.54) is 18.5 Å². The first-order chi connectivity index (χ1) is 9.13. The Morgan fingerprint density at radius 2 is 2.26 bits per heavy atom. The predicted octanol–water partition coefficient (Wildman–Crippen LogP) is 3.69. The van der Waals surface area contributed by atoms with Gasteiger partial charge in [0.2, 0.25) is 0 Å². The molecule has 0 aromatic carbocycles. The Balaban J connectivity index is 1.96. The minimum Gasteiger partial charge on any atom is -0.316 e. The average molecular weight is 284 g/mol. The molecule has 4 heteroatoms. The lowest BCUT2D eigenvalue weighted by atomic mass is 9.71. The number of rotatable bonds is 7. The van der Waals surface area contributed by atoms with Crippen molar-refractivity contribution in [1.82, 2.24) is 15.1 Å². The van der Waals surface area contributed by atoms with Crippen molar-refractivity contribution in [1.29, 1.82) is 0 Å². The molecular weight excluding hydrogens is 258 g/mol. The number of aromatic nitrogens is 2. The van der Waals surface area contributed by atoms with Gasteiger partial charge in [-0.2, -0.15) is 5.10 Å². The largest absolute Gasteiger partial charge is 0.316 e. The van der Waals surface area contributed by atoms with Crippen molar-refractivity contribution in [3.8, 4) is 0 Å². The van der Waals surface area contributed by atoms with Crippen LogP contribution in [0.3, 0.4) is 0 Å². The zero-order valence-corrected chi connectivity index (χ0v) is 13.1. The number of hydrogen-bond acceptors (Lipinski definition) is 2. The molecule has 2 atom stereocenters. The molecule has 1 aromatic rings. The molecule has 1 saturated carbocycles. The van der Waals surface area contributed by atoms with E-state index in [9.17, 15) is 0 Å². The molecule has 0 bridgehead atoms. The maximum absolute atomic E-state index is 6.33. The Morgan fingerprint density at radius 1 is 1.47 bits per heavy atom. The molecule has 2 unspecified atom stereocenters. The van der Waals surface area contributed by atoms with Gasteiger partial charge in [-0.3, -0.25) is 4.68 Å². The van der Waals surface area contributed by atoms with Crippen LogP contribution < -0.4 is 5.32 Å². The molecule has 1 aromatic heterocycles. The van der Waals surface area contributed by atoms with Gasteiger partial charge >= 0.3 is 0 Å². The lowest BCUT2D eigenvalue weighted by Crippen LogP contribution is -2.36. The topological polar surface area (TPSA) is 29.9 Å². The van der Waals surface area contributed by atoms with E-state index in [0.29, 0.717) is 11.8 Å². The Bertz CT molecular complexity index is 400. The van der Waals surface area contributed by atoms with E-state index < -0.39 is 0 Å². The number of nitrogens with zero attached hydrogens (tertiary/aromatic N) is 2. The average Bonchev–Trinajstić information content (AvgIpc) is 2.66. The van der Waals surface area contributed by atoms with Crippen molar-refractivity contribution in [2.75, 3.05) is 13.1 Å². The lowest BCUT2D eigenvalue weighted by Gasteiger charge is -2.37. The van der Waals surface area contributed by atoms with E-state index in [2.05, 4.69) is 35.9 Å². The molecule has 2 rings (SSSR count). The summed E-state index contributed by atoms with van der Waals surface area (Å²) in [4.78, 5) is 0. The van der Waals surface area contributed by atoms with Crippen LogP contribution in [0, 0.1) is 11.8 Å². The third-order valence-corrected chi connectivity index (χ3v) is 4.29. The first-order valence-electron chi connectivity index (χ1n) is 7.55. The van der Waals surface area contributed by atoms with Gasteiger partial charge in [0.25, 0.3) is 0 Å². The molecule has 108 valence electrons. The van der Waals surface area contributed by atoms with Gasteiger partial charge in [0.15, 0.2) is 0 Å². The summed E-state index contributed by atoms with van der Waals surface area (Å²) in [5.41, 5.74) is 1.27. The highest BCUT2D eigenvalue weighted by atomic mass is 35.5. The first-order valence-corrected chi connectivity index (χ1v) is 7.93. The molecule has 0 aliphatic heterocycles. The third kappa shape index (κ3) is 3.51. The fourth-order valence-electron chi connectivity index (χ4n) is 2.86. The molecule has 0 radical (unpaired) electrons. The van der Waals surface area contributed by atoms with Gasteiger partial charge in [0.05, 0.1) is 16.9 Å². The second kappa shape index (κ2) is 6.76. The number of aryl methyl sites for hydroxylation is 1. The molecule has 0 spiro atoms. The van der Waals surface area contributed by atoms with Crippen LogP contribution >= 0.6 is 11.6 Å². The monoisotopic (exact) mass is 283 g/mol. The SMILES string of the molecule is CCCn1ncc(Cl)c1C1CCC1CNCC(C)C. The summed E-state index contributed by atoms with van der Waals surface area (Å²) in [7, 11) is 0. The van der Waals surface area contributed by atoms with Gasteiger partial charge in [-0.1, -0.05) is 32.4 Å². The maximum atomic E-state index is 6.33. The summed E-state index contributed by atoms with van der Waals surface area (Å²) in [5, 5.41) is 8.85. The number of hydrogen-bond donors (Lipinski definition) is 1. The van der Waals surface area contributed by atoms with Crippen molar-refractivity contribution < 1.29 is 0 Å². The van der Waals surface area contributed by atoms with Gasteiger partial charge in [-0.05, 0) is 44.2 Å². The minimum atomic E-state index is 0.598. The van der Waals surface area contributed by atoms with Crippen molar-refractivity contribution in [3.63, 3.8) is 0 Å². The minimum absolute atomic E-state index is 0.598. The standard InChI is InChI=1S/C15H26ClN3/c1-4-7-19-15(14(16)10-18-19)13-6-5-12(13)9-17-8-11(2)3/h10-13,17H,4-9H2,1-3H3. The smallest absolute Gasteiger partial charge is 0.0820 e. The third-order valence-electron chi connectivity index (χ3n) is 4.00. The van der Waals surface area contributed by atoms with Crippen LogP contribution in [0.4, 0.5) is 0 Å². The maximum Gasteiger partial charge on any atom is 0.0820 e. The highest BCUT2D eigenvalue weighted by Gasteiger charge is 2.35. The quantitative estimate of drug-likeness (QED) is 0.827. The summed E-state index contributed by atoms with van der Waals surface area (Å²) in [6.45, 7) is 9.87. The Morgan fingerprint density at radius 3 is 2.84 bits per heavy atom. The van der Waals surface area contributed by atoms with Gasteiger partial charge in [-0.25, -0.2) is 0 Å². The van der Waals surface area contributed by atoms with E-state index in [1.54, 1.807) is 0 Å². The molecule has 1 heterocycles. The van der Waals surface area contributed by atoms with E-state index in [1.807, 2.05) is 6.20 Å². The van der Waals surface area contributed by atoms with Crippen LogP contribution in [-0.2, 0) is 6.54 Å². The molecular formula is C15H26ClN3. The highest BCUT2D eigenvalue weighted by molar-refractivity contribution is 6.31. The van der Waals surface area contributed by atoms with Gasteiger partial charge < -0.3 is 5.32 Å². The summed E-state index contributed by atoms with van der Waals surface area (Å²) >= 11 is 6.33. The lowest BCUT2D eigenvalue weighted by molar-refractivity contribution is 0.231. The highest BCUT2D eigenvalue weighted by Crippen LogP contribution is 2.44. The van der Waals surface area contributed by atoms with Crippen molar-refractivity contribution >= 4 is 11.6 Å². The zero-order chi connectivity index (χ0) is 13.8. The summed E-state index contributed by atoms with van der Waals surface area (Å²) in [5.74, 6) is 2.04. The van der Waals surface area contributed by atoms with E-state index in [4.69, 9.17) is 11.6 Å².